The lowest BCUT2D eigenvalue weighted by Gasteiger charge is -2.12. The van der Waals surface area contributed by atoms with Crippen LogP contribution in [0.5, 0.6) is 0 Å². The number of hydrogen-bond donors (Lipinski definition) is 1. The van der Waals surface area contributed by atoms with Crippen LogP contribution in [0.2, 0.25) is 5.02 Å². The summed E-state index contributed by atoms with van der Waals surface area (Å²) in [5.41, 5.74) is 6.74. The maximum Gasteiger partial charge on any atom is 0.0409 e. The quantitative estimate of drug-likeness (QED) is 0.886. The number of nitrogens with two attached hydrogens (primary N) is 1. The van der Waals surface area contributed by atoms with Crippen molar-refractivity contribution >= 4 is 27.5 Å². The van der Waals surface area contributed by atoms with Crippen molar-refractivity contribution in [3.63, 3.8) is 0 Å². The molecular weight excluding hydrogens is 249 g/mol. The molecule has 1 atom stereocenters. The van der Waals surface area contributed by atoms with E-state index in [-0.39, 0.29) is 0 Å². The van der Waals surface area contributed by atoms with Crippen LogP contribution >= 0.6 is 27.5 Å². The monoisotopic (exact) mass is 261 g/mol. The molecule has 1 rings (SSSR count). The van der Waals surface area contributed by atoms with Crippen molar-refractivity contribution in [3.05, 3.63) is 33.3 Å². The Morgan fingerprint density at radius 3 is 2.85 bits per heavy atom. The smallest absolute Gasteiger partial charge is 0.0409 e. The van der Waals surface area contributed by atoms with Crippen LogP contribution in [0.1, 0.15) is 24.8 Å². The molecule has 0 aliphatic heterocycles. The molecule has 0 heterocycles. The van der Waals surface area contributed by atoms with Crippen molar-refractivity contribution in [2.75, 3.05) is 6.54 Å². The van der Waals surface area contributed by atoms with Gasteiger partial charge in [0.2, 0.25) is 0 Å². The summed E-state index contributed by atoms with van der Waals surface area (Å²) in [6.07, 6.45) is 0.985. The summed E-state index contributed by atoms with van der Waals surface area (Å²) in [4.78, 5) is 0. The van der Waals surface area contributed by atoms with Gasteiger partial charge in [-0.3, -0.25) is 0 Å². The SMILES string of the molecule is CC(CCN)c1cc(Cl)ccc1Br. The summed E-state index contributed by atoms with van der Waals surface area (Å²) >= 11 is 9.41. The van der Waals surface area contributed by atoms with Gasteiger partial charge in [-0.15, -0.1) is 0 Å². The fourth-order valence-electron chi connectivity index (χ4n) is 1.30. The second kappa shape index (κ2) is 4.99. The third-order valence-corrected chi connectivity index (χ3v) is 3.05. The molecule has 1 aromatic carbocycles. The van der Waals surface area contributed by atoms with Crippen LogP contribution in [0.25, 0.3) is 0 Å². The van der Waals surface area contributed by atoms with E-state index in [0.717, 1.165) is 15.9 Å². The lowest BCUT2D eigenvalue weighted by molar-refractivity contribution is 0.687. The van der Waals surface area contributed by atoms with Crippen LogP contribution in [-0.2, 0) is 0 Å². The molecule has 0 aliphatic carbocycles. The van der Waals surface area contributed by atoms with E-state index < -0.39 is 0 Å². The van der Waals surface area contributed by atoms with Crippen molar-refractivity contribution in [1.29, 1.82) is 0 Å². The van der Waals surface area contributed by atoms with Gasteiger partial charge in [0, 0.05) is 9.50 Å². The summed E-state index contributed by atoms with van der Waals surface area (Å²) in [5, 5.41) is 0.780. The lowest BCUT2D eigenvalue weighted by atomic mass is 9.98. The second-order valence-corrected chi connectivity index (χ2v) is 4.44. The van der Waals surface area contributed by atoms with E-state index in [2.05, 4.69) is 22.9 Å². The Balaban J connectivity index is 2.91. The molecular formula is C10H13BrClN. The summed E-state index contributed by atoms with van der Waals surface area (Å²) in [6, 6.07) is 5.85. The molecule has 1 unspecified atom stereocenters. The van der Waals surface area contributed by atoms with Crippen LogP contribution < -0.4 is 5.73 Å². The molecule has 1 nitrogen and oxygen atoms in total. The van der Waals surface area contributed by atoms with Crippen molar-refractivity contribution in [2.24, 2.45) is 5.73 Å². The maximum absolute atomic E-state index is 5.91. The average Bonchev–Trinajstić information content (AvgIpc) is 2.09. The number of halogens is 2. The number of rotatable bonds is 3. The first-order valence-corrected chi connectivity index (χ1v) is 5.47. The van der Waals surface area contributed by atoms with Crippen LogP contribution in [0, 0.1) is 0 Å². The Labute approximate surface area is 92.4 Å². The van der Waals surface area contributed by atoms with E-state index in [1.54, 1.807) is 0 Å². The van der Waals surface area contributed by atoms with E-state index in [0.29, 0.717) is 12.5 Å². The van der Waals surface area contributed by atoms with Crippen LogP contribution in [-0.4, -0.2) is 6.54 Å². The first-order chi connectivity index (χ1) is 6.15. The summed E-state index contributed by atoms with van der Waals surface area (Å²) in [6.45, 7) is 2.86. The van der Waals surface area contributed by atoms with Crippen molar-refractivity contribution < 1.29 is 0 Å². The standard InChI is InChI=1S/C10H13BrClN/c1-7(4-5-13)9-6-8(12)2-3-10(9)11/h2-3,6-7H,4-5,13H2,1H3. The van der Waals surface area contributed by atoms with Gasteiger partial charge in [-0.05, 0) is 42.6 Å². The van der Waals surface area contributed by atoms with E-state index in [1.165, 1.54) is 5.56 Å². The highest BCUT2D eigenvalue weighted by Crippen LogP contribution is 2.29. The zero-order valence-electron chi connectivity index (χ0n) is 7.56. The van der Waals surface area contributed by atoms with Crippen molar-refractivity contribution in [2.45, 2.75) is 19.3 Å². The highest BCUT2D eigenvalue weighted by Gasteiger charge is 2.08. The van der Waals surface area contributed by atoms with Crippen molar-refractivity contribution in [1.82, 2.24) is 0 Å². The Bertz CT molecular complexity index is 288. The van der Waals surface area contributed by atoms with Gasteiger partial charge in [0.1, 0.15) is 0 Å². The fourth-order valence-corrected chi connectivity index (χ4v) is 2.12. The molecule has 3 heteroatoms. The zero-order valence-corrected chi connectivity index (χ0v) is 9.90. The van der Waals surface area contributed by atoms with E-state index in [9.17, 15) is 0 Å². The van der Waals surface area contributed by atoms with Gasteiger partial charge < -0.3 is 5.73 Å². The highest BCUT2D eigenvalue weighted by molar-refractivity contribution is 9.10. The van der Waals surface area contributed by atoms with Gasteiger partial charge in [-0.1, -0.05) is 34.5 Å². The summed E-state index contributed by atoms with van der Waals surface area (Å²) in [7, 11) is 0. The third-order valence-electron chi connectivity index (χ3n) is 2.09. The Morgan fingerprint density at radius 1 is 1.54 bits per heavy atom. The van der Waals surface area contributed by atoms with E-state index in [4.69, 9.17) is 17.3 Å². The highest BCUT2D eigenvalue weighted by atomic mass is 79.9. The molecule has 0 amide bonds. The van der Waals surface area contributed by atoms with Gasteiger partial charge in [0.25, 0.3) is 0 Å². The predicted octanol–water partition coefficient (Wildman–Crippen LogP) is 3.55. The molecule has 0 spiro atoms. The molecule has 0 bridgehead atoms. The molecule has 0 aromatic heterocycles. The van der Waals surface area contributed by atoms with Gasteiger partial charge in [0.05, 0.1) is 0 Å². The zero-order chi connectivity index (χ0) is 9.84. The van der Waals surface area contributed by atoms with Crippen LogP contribution in [0.15, 0.2) is 22.7 Å². The minimum absolute atomic E-state index is 0.457. The molecule has 0 saturated carbocycles. The van der Waals surface area contributed by atoms with Crippen LogP contribution in [0.3, 0.4) is 0 Å². The Morgan fingerprint density at radius 2 is 2.23 bits per heavy atom. The normalized spacial score (nSPS) is 12.9. The third kappa shape index (κ3) is 2.97. The number of benzene rings is 1. The van der Waals surface area contributed by atoms with E-state index >= 15 is 0 Å². The topological polar surface area (TPSA) is 26.0 Å². The van der Waals surface area contributed by atoms with Crippen LogP contribution in [0.4, 0.5) is 0 Å². The van der Waals surface area contributed by atoms with Gasteiger partial charge in [0.15, 0.2) is 0 Å². The molecule has 1 aromatic rings. The predicted molar refractivity (Wildman–Crippen MR) is 61.2 cm³/mol. The molecule has 0 fully saturated rings. The van der Waals surface area contributed by atoms with E-state index in [1.807, 2.05) is 18.2 Å². The molecule has 72 valence electrons. The fraction of sp³-hybridized carbons (Fsp3) is 0.400. The first kappa shape index (κ1) is 11.0. The largest absolute Gasteiger partial charge is 0.330 e. The number of hydrogen-bond acceptors (Lipinski definition) is 1. The molecule has 0 radical (unpaired) electrons. The molecule has 0 saturated heterocycles. The lowest BCUT2D eigenvalue weighted by Crippen LogP contribution is -2.05. The molecule has 0 aliphatic rings. The summed E-state index contributed by atoms with van der Waals surface area (Å²) in [5.74, 6) is 0.457. The van der Waals surface area contributed by atoms with Crippen molar-refractivity contribution in [3.8, 4) is 0 Å². The van der Waals surface area contributed by atoms with Gasteiger partial charge in [-0.25, -0.2) is 0 Å². The average molecular weight is 263 g/mol. The molecule has 13 heavy (non-hydrogen) atoms. The summed E-state index contributed by atoms with van der Waals surface area (Å²) < 4.78 is 1.11. The minimum Gasteiger partial charge on any atom is -0.330 e. The first-order valence-electron chi connectivity index (χ1n) is 4.30. The Kier molecular flexibility index (Phi) is 4.23. The Hall–Kier alpha value is -0.0500. The van der Waals surface area contributed by atoms with Gasteiger partial charge >= 0.3 is 0 Å². The second-order valence-electron chi connectivity index (χ2n) is 3.14. The molecule has 2 N–H and O–H groups in total. The minimum atomic E-state index is 0.457. The van der Waals surface area contributed by atoms with Gasteiger partial charge in [-0.2, -0.15) is 0 Å². The maximum atomic E-state index is 5.91.